The van der Waals surface area contributed by atoms with Crippen LogP contribution in [0, 0.1) is 18.6 Å². The number of ether oxygens (including phenoxy) is 1. The van der Waals surface area contributed by atoms with Crippen LogP contribution in [0.5, 0.6) is 5.75 Å². The second-order valence-electron chi connectivity index (χ2n) is 9.50. The Kier molecular flexibility index (Phi) is 7.86. The number of halogens is 2. The monoisotopic (exact) mass is 576 g/mol. The van der Waals surface area contributed by atoms with Gasteiger partial charge in [0.15, 0.2) is 0 Å². The van der Waals surface area contributed by atoms with Gasteiger partial charge >= 0.3 is 0 Å². The van der Waals surface area contributed by atoms with E-state index in [-0.39, 0.29) is 23.8 Å². The molecule has 0 aliphatic heterocycles. The van der Waals surface area contributed by atoms with Gasteiger partial charge in [-0.15, -0.1) is 11.3 Å². The molecule has 5 rings (SSSR count). The SMILES string of the molecule is C=CC(=O)NC(C)c1cc(-c2nc(-c3cnnc(C)c3)c3ccsc3c2-c2c(F)cc(F)cc2OCC(C)O)n[nH]1. The van der Waals surface area contributed by atoms with Crippen LogP contribution in [-0.4, -0.2) is 49.1 Å². The van der Waals surface area contributed by atoms with Crippen molar-refractivity contribution in [3.05, 3.63) is 77.6 Å². The summed E-state index contributed by atoms with van der Waals surface area (Å²) < 4.78 is 36.5. The molecule has 0 saturated carbocycles. The van der Waals surface area contributed by atoms with Gasteiger partial charge in [-0.2, -0.15) is 15.3 Å². The van der Waals surface area contributed by atoms with E-state index in [4.69, 9.17) is 9.72 Å². The molecule has 2 unspecified atom stereocenters. The molecule has 3 N–H and O–H groups in total. The molecule has 12 heteroatoms. The third-order valence-electron chi connectivity index (χ3n) is 6.26. The zero-order valence-electron chi connectivity index (χ0n) is 22.4. The van der Waals surface area contributed by atoms with Crippen molar-refractivity contribution >= 4 is 27.3 Å². The quantitative estimate of drug-likeness (QED) is 0.197. The highest BCUT2D eigenvalue weighted by molar-refractivity contribution is 7.18. The van der Waals surface area contributed by atoms with Crippen LogP contribution in [0.15, 0.2) is 54.6 Å². The number of carbonyl (C=O) groups excluding carboxylic acids is 1. The highest BCUT2D eigenvalue weighted by Crippen LogP contribution is 2.47. The number of carbonyl (C=O) groups is 1. The minimum Gasteiger partial charge on any atom is -0.490 e. The topological polar surface area (TPSA) is 126 Å². The van der Waals surface area contributed by atoms with Crippen LogP contribution in [0.1, 0.15) is 31.3 Å². The van der Waals surface area contributed by atoms with Crippen LogP contribution in [-0.2, 0) is 4.79 Å². The van der Waals surface area contributed by atoms with E-state index in [0.29, 0.717) is 49.7 Å². The summed E-state index contributed by atoms with van der Waals surface area (Å²) in [6.45, 7) is 8.39. The van der Waals surface area contributed by atoms with E-state index in [2.05, 4.69) is 32.3 Å². The number of rotatable bonds is 9. The first-order valence-electron chi connectivity index (χ1n) is 12.7. The highest BCUT2D eigenvalue weighted by Gasteiger charge is 2.27. The van der Waals surface area contributed by atoms with Gasteiger partial charge in [0.1, 0.15) is 35.4 Å². The molecule has 0 radical (unpaired) electrons. The first-order valence-corrected chi connectivity index (χ1v) is 13.5. The van der Waals surface area contributed by atoms with Gasteiger partial charge in [0, 0.05) is 33.3 Å². The third-order valence-corrected chi connectivity index (χ3v) is 7.19. The average Bonchev–Trinajstić information content (AvgIpc) is 3.62. The van der Waals surface area contributed by atoms with Crippen molar-refractivity contribution in [1.82, 2.24) is 30.7 Å². The molecule has 210 valence electrons. The minimum atomic E-state index is -0.875. The van der Waals surface area contributed by atoms with Crippen LogP contribution >= 0.6 is 11.3 Å². The largest absolute Gasteiger partial charge is 0.490 e. The third kappa shape index (κ3) is 5.70. The highest BCUT2D eigenvalue weighted by atomic mass is 32.1. The van der Waals surface area contributed by atoms with Crippen molar-refractivity contribution in [2.24, 2.45) is 0 Å². The Morgan fingerprint density at radius 3 is 2.76 bits per heavy atom. The number of aliphatic hydroxyl groups excluding tert-OH is 1. The number of aromatic amines is 1. The van der Waals surface area contributed by atoms with E-state index in [9.17, 15) is 14.3 Å². The number of H-pyrrole nitrogens is 1. The van der Waals surface area contributed by atoms with Gasteiger partial charge in [0.05, 0.1) is 41.0 Å². The van der Waals surface area contributed by atoms with Gasteiger partial charge in [0.25, 0.3) is 0 Å². The summed E-state index contributed by atoms with van der Waals surface area (Å²) in [6, 6.07) is 6.82. The van der Waals surface area contributed by atoms with E-state index in [1.54, 1.807) is 19.2 Å². The summed E-state index contributed by atoms with van der Waals surface area (Å²) in [5.41, 5.74) is 3.50. The molecule has 4 heterocycles. The molecule has 5 aromatic rings. The number of nitrogens with zero attached hydrogens (tertiary/aromatic N) is 4. The first-order chi connectivity index (χ1) is 19.7. The van der Waals surface area contributed by atoms with Gasteiger partial charge in [-0.1, -0.05) is 6.58 Å². The summed E-state index contributed by atoms with van der Waals surface area (Å²) in [6.07, 6.45) is 1.88. The van der Waals surface area contributed by atoms with Crippen molar-refractivity contribution in [3.63, 3.8) is 0 Å². The van der Waals surface area contributed by atoms with Crippen LogP contribution in [0.2, 0.25) is 0 Å². The lowest BCUT2D eigenvalue weighted by Gasteiger charge is -2.18. The molecular formula is C29H26F2N6O3S. The second-order valence-corrected chi connectivity index (χ2v) is 10.4. The number of pyridine rings is 1. The summed E-state index contributed by atoms with van der Waals surface area (Å²) in [5, 5.41) is 30.7. The van der Waals surface area contributed by atoms with E-state index in [1.165, 1.54) is 24.3 Å². The van der Waals surface area contributed by atoms with E-state index in [1.807, 2.05) is 24.4 Å². The number of fused-ring (bicyclic) bond motifs is 1. The standard InChI is InChI=1S/C29H26F2N6O3S/c1-5-24(39)33-16(4)21-11-22(37-36-21)28-26(25-20(31)9-18(30)10-23(25)40-13-15(3)38)29-19(6-7-41-29)27(34-28)17-8-14(2)35-32-12-17/h5-12,15-16,38H,1,13H2,2-4H3,(H,33,39)(H,36,37). The molecule has 0 fully saturated rings. The number of benzene rings is 1. The van der Waals surface area contributed by atoms with E-state index in [0.717, 1.165) is 12.1 Å². The molecule has 0 bridgehead atoms. The number of amides is 1. The number of thiophene rings is 1. The maximum absolute atomic E-state index is 15.7. The normalized spacial score (nSPS) is 12.7. The Morgan fingerprint density at radius 1 is 1.22 bits per heavy atom. The van der Waals surface area contributed by atoms with Crippen LogP contribution in [0.4, 0.5) is 8.78 Å². The van der Waals surface area contributed by atoms with Crippen LogP contribution in [0.25, 0.3) is 43.9 Å². The molecule has 9 nitrogen and oxygen atoms in total. The van der Waals surface area contributed by atoms with Gasteiger partial charge < -0.3 is 15.2 Å². The smallest absolute Gasteiger partial charge is 0.243 e. The number of aryl methyl sites for hydroxylation is 1. The van der Waals surface area contributed by atoms with Crippen molar-refractivity contribution in [2.45, 2.75) is 32.9 Å². The zero-order valence-corrected chi connectivity index (χ0v) is 23.2. The molecule has 1 aromatic carbocycles. The second kappa shape index (κ2) is 11.5. The van der Waals surface area contributed by atoms with Gasteiger partial charge in [0.2, 0.25) is 5.91 Å². The van der Waals surface area contributed by atoms with Gasteiger partial charge in [-0.25, -0.2) is 13.8 Å². The Morgan fingerprint density at radius 2 is 2.02 bits per heavy atom. The Labute approximate surface area is 237 Å². The molecule has 0 spiro atoms. The molecule has 0 aliphatic rings. The summed E-state index contributed by atoms with van der Waals surface area (Å²) in [4.78, 5) is 16.8. The summed E-state index contributed by atoms with van der Waals surface area (Å²) in [7, 11) is 0. The van der Waals surface area contributed by atoms with Gasteiger partial charge in [-0.3, -0.25) is 9.89 Å². The Balaban J connectivity index is 1.80. The Bertz CT molecular complexity index is 1770. The van der Waals surface area contributed by atoms with Crippen molar-refractivity contribution < 1.29 is 23.4 Å². The molecule has 41 heavy (non-hydrogen) atoms. The predicted molar refractivity (Wildman–Crippen MR) is 152 cm³/mol. The molecule has 2 atom stereocenters. The average molecular weight is 577 g/mol. The molecule has 4 aromatic heterocycles. The number of hydrogen-bond donors (Lipinski definition) is 3. The molecule has 0 aliphatic carbocycles. The summed E-state index contributed by atoms with van der Waals surface area (Å²) in [5.74, 6) is -2.13. The lowest BCUT2D eigenvalue weighted by molar-refractivity contribution is -0.117. The Hall–Kier alpha value is -4.55. The maximum Gasteiger partial charge on any atom is 0.243 e. The fourth-order valence-corrected chi connectivity index (χ4v) is 5.36. The number of nitrogens with one attached hydrogen (secondary N) is 2. The molecule has 0 saturated heterocycles. The lowest BCUT2D eigenvalue weighted by Crippen LogP contribution is -2.24. The minimum absolute atomic E-state index is 0.0184. The van der Waals surface area contributed by atoms with Crippen molar-refractivity contribution in [2.75, 3.05) is 6.61 Å². The first kappa shape index (κ1) is 28.0. The fraction of sp³-hybridized carbons (Fsp3) is 0.207. The predicted octanol–water partition coefficient (Wildman–Crippen LogP) is 5.52. The number of aliphatic hydroxyl groups is 1. The summed E-state index contributed by atoms with van der Waals surface area (Å²) >= 11 is 1.35. The van der Waals surface area contributed by atoms with E-state index < -0.39 is 23.8 Å². The maximum atomic E-state index is 15.7. The molecule has 1 amide bonds. The fourth-order valence-electron chi connectivity index (χ4n) is 4.41. The van der Waals surface area contributed by atoms with Crippen molar-refractivity contribution in [3.8, 4) is 39.5 Å². The van der Waals surface area contributed by atoms with Crippen LogP contribution < -0.4 is 10.1 Å². The van der Waals surface area contributed by atoms with E-state index >= 15 is 4.39 Å². The molecular weight excluding hydrogens is 550 g/mol. The number of hydrogen-bond acceptors (Lipinski definition) is 8. The lowest BCUT2D eigenvalue weighted by atomic mass is 9.96. The van der Waals surface area contributed by atoms with Crippen molar-refractivity contribution in [1.29, 1.82) is 0 Å². The zero-order chi connectivity index (χ0) is 29.3. The van der Waals surface area contributed by atoms with Gasteiger partial charge in [-0.05, 0) is 50.4 Å². The van der Waals surface area contributed by atoms with Crippen LogP contribution in [0.3, 0.4) is 0 Å². The number of aromatic nitrogens is 5.